The van der Waals surface area contributed by atoms with Crippen LogP contribution >= 0.6 is 0 Å². The van der Waals surface area contributed by atoms with E-state index in [0.29, 0.717) is 35.4 Å². The topological polar surface area (TPSA) is 89.5 Å². The lowest BCUT2D eigenvalue weighted by Gasteiger charge is -2.16. The number of carboxylic acids is 1. The molecule has 0 aliphatic rings. The Kier molecular flexibility index (Phi) is 5.47. The number of ether oxygens (including phenoxy) is 1. The number of fused-ring (bicyclic) bond motifs is 1. The third kappa shape index (κ3) is 3.49. The highest BCUT2D eigenvalue weighted by molar-refractivity contribution is 6.07. The van der Waals surface area contributed by atoms with E-state index in [1.54, 1.807) is 4.68 Å². The maximum Gasteiger partial charge on any atom is 0.338 e. The van der Waals surface area contributed by atoms with E-state index in [9.17, 15) is 15.0 Å². The molecule has 2 aromatic heterocycles. The Labute approximate surface area is 164 Å². The second-order valence-corrected chi connectivity index (χ2v) is 7.19. The van der Waals surface area contributed by atoms with Crippen molar-refractivity contribution in [1.29, 1.82) is 0 Å². The number of aliphatic hydroxyl groups excluding tert-OH is 1. The van der Waals surface area contributed by atoms with Crippen molar-refractivity contribution >= 4 is 16.9 Å². The molecule has 0 aliphatic heterocycles. The molecule has 0 radical (unpaired) electrons. The van der Waals surface area contributed by atoms with Gasteiger partial charge in [0.15, 0.2) is 0 Å². The van der Waals surface area contributed by atoms with Crippen molar-refractivity contribution in [3.05, 3.63) is 46.4 Å². The molecule has 0 saturated heterocycles. The summed E-state index contributed by atoms with van der Waals surface area (Å²) in [6.45, 7) is 8.08. The van der Waals surface area contributed by atoms with Crippen LogP contribution in [0.2, 0.25) is 0 Å². The van der Waals surface area contributed by atoms with Crippen LogP contribution in [0.15, 0.2) is 18.2 Å². The molecule has 2 heterocycles. The van der Waals surface area contributed by atoms with E-state index in [2.05, 4.69) is 5.10 Å². The summed E-state index contributed by atoms with van der Waals surface area (Å²) in [5, 5.41) is 25.1. The summed E-state index contributed by atoms with van der Waals surface area (Å²) in [7, 11) is 1.86. The van der Waals surface area contributed by atoms with E-state index >= 15 is 0 Å². The molecule has 0 amide bonds. The van der Waals surface area contributed by atoms with Crippen molar-refractivity contribution < 1.29 is 19.7 Å². The van der Waals surface area contributed by atoms with E-state index in [4.69, 9.17) is 4.74 Å². The molecule has 0 aliphatic carbocycles. The van der Waals surface area contributed by atoms with Crippen LogP contribution in [0.1, 0.15) is 39.9 Å². The minimum Gasteiger partial charge on any atom is -0.491 e. The van der Waals surface area contributed by atoms with Gasteiger partial charge in [-0.25, -0.2) is 4.79 Å². The Morgan fingerprint density at radius 3 is 2.57 bits per heavy atom. The van der Waals surface area contributed by atoms with Crippen molar-refractivity contribution in [1.82, 2.24) is 14.3 Å². The summed E-state index contributed by atoms with van der Waals surface area (Å²) in [6, 6.07) is 5.68. The highest BCUT2D eigenvalue weighted by Gasteiger charge is 2.22. The summed E-state index contributed by atoms with van der Waals surface area (Å²) in [5.74, 6) is -0.338. The fraction of sp³-hybridized carbons (Fsp3) is 0.429. The van der Waals surface area contributed by atoms with Gasteiger partial charge < -0.3 is 19.5 Å². The number of aromatic nitrogens is 3. The Balaban J connectivity index is 1.88. The van der Waals surface area contributed by atoms with Crippen LogP contribution in [-0.4, -0.2) is 43.2 Å². The smallest absolute Gasteiger partial charge is 0.338 e. The minimum absolute atomic E-state index is 0.102. The normalized spacial score (nSPS) is 12.5. The van der Waals surface area contributed by atoms with Gasteiger partial charge in [0, 0.05) is 34.9 Å². The molecule has 0 bridgehead atoms. The van der Waals surface area contributed by atoms with Crippen LogP contribution in [-0.2, 0) is 20.0 Å². The minimum atomic E-state index is -0.945. The molecule has 28 heavy (non-hydrogen) atoms. The number of aliphatic hydroxyl groups is 1. The zero-order valence-electron chi connectivity index (χ0n) is 17.0. The van der Waals surface area contributed by atoms with Crippen LogP contribution in [0.25, 0.3) is 10.9 Å². The van der Waals surface area contributed by atoms with Gasteiger partial charge in [-0.2, -0.15) is 5.10 Å². The van der Waals surface area contributed by atoms with Gasteiger partial charge in [-0.05, 0) is 45.4 Å². The first kappa shape index (κ1) is 19.9. The van der Waals surface area contributed by atoms with E-state index in [1.165, 1.54) is 0 Å². The zero-order valence-corrected chi connectivity index (χ0v) is 17.0. The molecule has 0 saturated carbocycles. The van der Waals surface area contributed by atoms with Crippen molar-refractivity contribution in [3.63, 3.8) is 0 Å². The number of carbonyl (C=O) groups is 1. The molecule has 1 atom stereocenters. The number of rotatable bonds is 7. The number of nitrogens with zero attached hydrogens (tertiary/aromatic N) is 3. The van der Waals surface area contributed by atoms with Gasteiger partial charge in [-0.3, -0.25) is 4.68 Å². The fourth-order valence-corrected chi connectivity index (χ4v) is 3.75. The summed E-state index contributed by atoms with van der Waals surface area (Å²) in [4.78, 5) is 11.8. The maximum atomic E-state index is 11.8. The van der Waals surface area contributed by atoms with Gasteiger partial charge in [0.05, 0.1) is 17.8 Å². The molecule has 7 nitrogen and oxygen atoms in total. The number of hydrogen-bond donors (Lipinski definition) is 2. The molecule has 7 heteroatoms. The highest BCUT2D eigenvalue weighted by Crippen LogP contribution is 2.34. The van der Waals surface area contributed by atoms with E-state index in [1.807, 2.05) is 57.5 Å². The van der Waals surface area contributed by atoms with Crippen molar-refractivity contribution in [3.8, 4) is 5.75 Å². The third-order valence-corrected chi connectivity index (χ3v) is 5.21. The lowest BCUT2D eigenvalue weighted by atomic mass is 10.0. The lowest BCUT2D eigenvalue weighted by molar-refractivity contribution is 0.0697. The molecular formula is C21H27N3O4. The van der Waals surface area contributed by atoms with E-state index in [-0.39, 0.29) is 6.61 Å². The molecule has 3 rings (SSSR count). The van der Waals surface area contributed by atoms with Gasteiger partial charge in [-0.15, -0.1) is 0 Å². The van der Waals surface area contributed by atoms with Crippen LogP contribution in [0, 0.1) is 20.8 Å². The third-order valence-electron chi connectivity index (χ3n) is 5.21. The van der Waals surface area contributed by atoms with Crippen molar-refractivity contribution in [2.75, 3.05) is 6.61 Å². The van der Waals surface area contributed by atoms with E-state index in [0.717, 1.165) is 22.5 Å². The van der Waals surface area contributed by atoms with Gasteiger partial charge in [0.2, 0.25) is 0 Å². The largest absolute Gasteiger partial charge is 0.491 e. The van der Waals surface area contributed by atoms with Crippen LogP contribution in [0.4, 0.5) is 0 Å². The molecule has 150 valence electrons. The first-order valence-corrected chi connectivity index (χ1v) is 9.40. The summed E-state index contributed by atoms with van der Waals surface area (Å²) in [6.07, 6.45) is -0.0981. The van der Waals surface area contributed by atoms with Gasteiger partial charge in [0.25, 0.3) is 0 Å². The van der Waals surface area contributed by atoms with E-state index < -0.39 is 12.1 Å². The molecule has 3 aromatic rings. The molecule has 0 spiro atoms. The summed E-state index contributed by atoms with van der Waals surface area (Å²) < 4.78 is 9.56. The summed E-state index contributed by atoms with van der Waals surface area (Å²) >= 11 is 0. The second-order valence-electron chi connectivity index (χ2n) is 7.19. The number of carboxylic acid groups (broad SMARTS) is 1. The molecule has 2 N–H and O–H groups in total. The quantitative estimate of drug-likeness (QED) is 0.653. The summed E-state index contributed by atoms with van der Waals surface area (Å²) in [5.41, 5.74) is 4.61. The second kappa shape index (κ2) is 7.67. The average Bonchev–Trinajstić information content (AvgIpc) is 3.08. The predicted molar refractivity (Wildman–Crippen MR) is 107 cm³/mol. The van der Waals surface area contributed by atoms with Gasteiger partial charge in [0.1, 0.15) is 18.5 Å². The highest BCUT2D eigenvalue weighted by atomic mass is 16.5. The average molecular weight is 385 g/mol. The molecule has 0 fully saturated rings. The predicted octanol–water partition coefficient (Wildman–Crippen LogP) is 3.00. The first-order chi connectivity index (χ1) is 13.2. The number of benzene rings is 1. The molecule has 1 aromatic carbocycles. The van der Waals surface area contributed by atoms with Crippen molar-refractivity contribution in [2.45, 2.75) is 46.8 Å². The molecule has 0 unspecified atom stereocenters. The SMILES string of the molecule is CCc1c(OC[C@H](O)Cn2nc(C)cc2C)ccc2c1c(C(=O)O)c(C)n2C. The zero-order chi connectivity index (χ0) is 20.6. The Bertz CT molecular complexity index is 1030. The van der Waals surface area contributed by atoms with Crippen LogP contribution < -0.4 is 4.74 Å². The van der Waals surface area contributed by atoms with Crippen molar-refractivity contribution in [2.24, 2.45) is 7.05 Å². The number of hydrogen-bond acceptors (Lipinski definition) is 4. The van der Waals surface area contributed by atoms with Gasteiger partial charge in [-0.1, -0.05) is 6.92 Å². The number of aromatic carboxylic acids is 1. The monoisotopic (exact) mass is 385 g/mol. The van der Waals surface area contributed by atoms with Crippen LogP contribution in [0.3, 0.4) is 0 Å². The maximum absolute atomic E-state index is 11.8. The first-order valence-electron chi connectivity index (χ1n) is 9.40. The van der Waals surface area contributed by atoms with Crippen LogP contribution in [0.5, 0.6) is 5.75 Å². The lowest BCUT2D eigenvalue weighted by Crippen LogP contribution is -2.25. The Morgan fingerprint density at radius 2 is 2.00 bits per heavy atom. The standard InChI is InChI=1S/C21H27N3O4/c1-6-16-18(28-11-15(25)10-24-13(3)9-12(2)22-24)8-7-17-20(16)19(21(26)27)14(4)23(17)5/h7-9,15,25H,6,10-11H2,1-5H3,(H,26,27)/t15-/m1/s1. The Morgan fingerprint density at radius 1 is 1.29 bits per heavy atom. The molecular weight excluding hydrogens is 358 g/mol. The Hall–Kier alpha value is -2.80. The van der Waals surface area contributed by atoms with Gasteiger partial charge >= 0.3 is 5.97 Å². The fourth-order valence-electron chi connectivity index (χ4n) is 3.75. The number of aryl methyl sites for hydroxylation is 4.